The number of nitrogens with one attached hydrogen (secondary N) is 1. The largest absolute Gasteiger partial charge is 0.359 e. The molecule has 1 aromatic heterocycles. The molecule has 2 rings (SSSR count). The van der Waals surface area contributed by atoms with Crippen molar-refractivity contribution in [2.75, 3.05) is 25.0 Å². The molecule has 0 unspecified atom stereocenters. The molecular formula is C15H24ClN3. The van der Waals surface area contributed by atoms with Gasteiger partial charge < -0.3 is 10.2 Å². The Bertz CT molecular complexity index is 402. The maximum absolute atomic E-state index is 6.19. The molecule has 4 heteroatoms. The van der Waals surface area contributed by atoms with Gasteiger partial charge in [0, 0.05) is 20.1 Å². The van der Waals surface area contributed by atoms with E-state index in [0.717, 1.165) is 42.1 Å². The first-order chi connectivity index (χ1) is 9.20. The minimum Gasteiger partial charge on any atom is -0.359 e. The van der Waals surface area contributed by atoms with Crippen molar-refractivity contribution in [3.8, 4) is 0 Å². The van der Waals surface area contributed by atoms with E-state index in [1.165, 1.54) is 25.7 Å². The van der Waals surface area contributed by atoms with E-state index in [1.54, 1.807) is 0 Å². The van der Waals surface area contributed by atoms with Gasteiger partial charge in [-0.05, 0) is 37.4 Å². The van der Waals surface area contributed by atoms with Crippen LogP contribution >= 0.6 is 11.6 Å². The van der Waals surface area contributed by atoms with E-state index in [0.29, 0.717) is 0 Å². The van der Waals surface area contributed by atoms with Crippen LogP contribution in [0.25, 0.3) is 0 Å². The van der Waals surface area contributed by atoms with Crippen LogP contribution in [-0.4, -0.2) is 25.1 Å². The molecule has 1 fully saturated rings. The predicted molar refractivity (Wildman–Crippen MR) is 81.9 cm³/mol. The first kappa shape index (κ1) is 14.6. The smallest absolute Gasteiger partial charge is 0.128 e. The zero-order valence-electron chi connectivity index (χ0n) is 12.0. The van der Waals surface area contributed by atoms with E-state index in [4.69, 9.17) is 11.6 Å². The van der Waals surface area contributed by atoms with Gasteiger partial charge in [0.25, 0.3) is 0 Å². The summed E-state index contributed by atoms with van der Waals surface area (Å²) in [4.78, 5) is 6.95. The second kappa shape index (κ2) is 7.11. The normalized spacial score (nSPS) is 15.9. The average molecular weight is 282 g/mol. The van der Waals surface area contributed by atoms with E-state index >= 15 is 0 Å². The van der Waals surface area contributed by atoms with Gasteiger partial charge in [0.15, 0.2) is 0 Å². The molecule has 0 bridgehead atoms. The Morgan fingerprint density at radius 3 is 2.79 bits per heavy atom. The topological polar surface area (TPSA) is 28.2 Å². The highest BCUT2D eigenvalue weighted by Crippen LogP contribution is 2.27. The molecule has 0 aliphatic heterocycles. The van der Waals surface area contributed by atoms with Gasteiger partial charge in [0.1, 0.15) is 5.82 Å². The van der Waals surface area contributed by atoms with Gasteiger partial charge in [-0.2, -0.15) is 0 Å². The standard InChI is InChI=1S/C15H24ClN3/c1-3-17-10-14-13(16)8-9-15(18-14)19(2)11-12-6-4-5-7-12/h8-9,12,17H,3-7,10-11H2,1-2H3. The summed E-state index contributed by atoms with van der Waals surface area (Å²) in [5.41, 5.74) is 0.944. The monoisotopic (exact) mass is 281 g/mol. The lowest BCUT2D eigenvalue weighted by atomic mass is 10.1. The van der Waals surface area contributed by atoms with E-state index in [1.807, 2.05) is 12.1 Å². The third kappa shape index (κ3) is 4.08. The second-order valence-corrected chi connectivity index (χ2v) is 5.82. The third-order valence-corrected chi connectivity index (χ3v) is 4.19. The highest BCUT2D eigenvalue weighted by atomic mass is 35.5. The molecule has 1 N–H and O–H groups in total. The molecule has 1 saturated carbocycles. The van der Waals surface area contributed by atoms with Crippen LogP contribution in [-0.2, 0) is 6.54 Å². The molecule has 0 radical (unpaired) electrons. The Morgan fingerprint density at radius 2 is 2.11 bits per heavy atom. The third-order valence-electron chi connectivity index (χ3n) is 3.84. The van der Waals surface area contributed by atoms with Crippen LogP contribution in [0.15, 0.2) is 12.1 Å². The van der Waals surface area contributed by atoms with Crippen LogP contribution in [0.4, 0.5) is 5.82 Å². The van der Waals surface area contributed by atoms with Crippen molar-refractivity contribution in [2.24, 2.45) is 5.92 Å². The molecule has 0 aromatic carbocycles. The van der Waals surface area contributed by atoms with Gasteiger partial charge in [-0.3, -0.25) is 0 Å². The molecule has 0 amide bonds. The number of aromatic nitrogens is 1. The number of pyridine rings is 1. The molecule has 106 valence electrons. The van der Waals surface area contributed by atoms with Crippen LogP contribution in [0.5, 0.6) is 0 Å². The second-order valence-electron chi connectivity index (χ2n) is 5.41. The van der Waals surface area contributed by atoms with Gasteiger partial charge >= 0.3 is 0 Å². The summed E-state index contributed by atoms with van der Waals surface area (Å²) < 4.78 is 0. The van der Waals surface area contributed by atoms with Gasteiger partial charge in [-0.25, -0.2) is 4.98 Å². The summed E-state index contributed by atoms with van der Waals surface area (Å²) >= 11 is 6.19. The quantitative estimate of drug-likeness (QED) is 0.865. The average Bonchev–Trinajstić information content (AvgIpc) is 2.90. The highest BCUT2D eigenvalue weighted by Gasteiger charge is 2.17. The number of hydrogen-bond acceptors (Lipinski definition) is 3. The molecular weight excluding hydrogens is 258 g/mol. The zero-order valence-corrected chi connectivity index (χ0v) is 12.7. The summed E-state index contributed by atoms with van der Waals surface area (Å²) in [6.07, 6.45) is 5.50. The fourth-order valence-electron chi connectivity index (χ4n) is 2.73. The Hall–Kier alpha value is -0.800. The van der Waals surface area contributed by atoms with Crippen LogP contribution in [0.3, 0.4) is 0 Å². The first-order valence-electron chi connectivity index (χ1n) is 7.28. The van der Waals surface area contributed by atoms with Gasteiger partial charge in [-0.15, -0.1) is 0 Å². The number of halogens is 1. The molecule has 19 heavy (non-hydrogen) atoms. The molecule has 1 aromatic rings. The van der Waals surface area contributed by atoms with Crippen LogP contribution in [0, 0.1) is 5.92 Å². The fraction of sp³-hybridized carbons (Fsp3) is 0.667. The van der Waals surface area contributed by atoms with Gasteiger partial charge in [0.05, 0.1) is 10.7 Å². The zero-order chi connectivity index (χ0) is 13.7. The fourth-order valence-corrected chi connectivity index (χ4v) is 2.90. The molecule has 0 saturated heterocycles. The molecule has 0 spiro atoms. The van der Waals surface area contributed by atoms with E-state index in [2.05, 4.69) is 29.2 Å². The Labute approximate surface area is 121 Å². The minimum absolute atomic E-state index is 0.737. The van der Waals surface area contributed by atoms with Crippen molar-refractivity contribution in [3.63, 3.8) is 0 Å². The molecule has 1 aliphatic rings. The summed E-state index contributed by atoms with van der Waals surface area (Å²) in [5.74, 6) is 1.86. The number of anilines is 1. The van der Waals surface area contributed by atoms with Crippen molar-refractivity contribution >= 4 is 17.4 Å². The van der Waals surface area contributed by atoms with E-state index in [-0.39, 0.29) is 0 Å². The lowest BCUT2D eigenvalue weighted by molar-refractivity contribution is 0.544. The summed E-state index contributed by atoms with van der Waals surface area (Å²) in [6, 6.07) is 3.98. The SMILES string of the molecule is CCNCc1nc(N(C)CC2CCCC2)ccc1Cl. The first-order valence-corrected chi connectivity index (χ1v) is 7.65. The Kier molecular flexibility index (Phi) is 5.46. The highest BCUT2D eigenvalue weighted by molar-refractivity contribution is 6.31. The maximum atomic E-state index is 6.19. The lowest BCUT2D eigenvalue weighted by Gasteiger charge is -2.22. The van der Waals surface area contributed by atoms with Crippen molar-refractivity contribution in [1.82, 2.24) is 10.3 Å². The molecule has 1 heterocycles. The van der Waals surface area contributed by atoms with E-state index < -0.39 is 0 Å². The van der Waals surface area contributed by atoms with Crippen molar-refractivity contribution in [2.45, 2.75) is 39.2 Å². The number of nitrogens with zero attached hydrogens (tertiary/aromatic N) is 2. The van der Waals surface area contributed by atoms with Crippen molar-refractivity contribution < 1.29 is 0 Å². The molecule has 0 atom stereocenters. The maximum Gasteiger partial charge on any atom is 0.128 e. The lowest BCUT2D eigenvalue weighted by Crippen LogP contribution is -2.25. The van der Waals surface area contributed by atoms with E-state index in [9.17, 15) is 0 Å². The number of hydrogen-bond donors (Lipinski definition) is 1. The molecule has 1 aliphatic carbocycles. The van der Waals surface area contributed by atoms with Crippen molar-refractivity contribution in [3.05, 3.63) is 22.8 Å². The number of rotatable bonds is 6. The minimum atomic E-state index is 0.737. The Morgan fingerprint density at radius 1 is 1.37 bits per heavy atom. The van der Waals surface area contributed by atoms with Crippen LogP contribution in [0.1, 0.15) is 38.3 Å². The van der Waals surface area contributed by atoms with Gasteiger partial charge in [0.2, 0.25) is 0 Å². The van der Waals surface area contributed by atoms with Crippen LogP contribution < -0.4 is 10.2 Å². The Balaban J connectivity index is 2.01. The van der Waals surface area contributed by atoms with Crippen LogP contribution in [0.2, 0.25) is 5.02 Å². The summed E-state index contributed by atoms with van der Waals surface area (Å²) in [7, 11) is 2.13. The van der Waals surface area contributed by atoms with Gasteiger partial charge in [-0.1, -0.05) is 31.4 Å². The summed E-state index contributed by atoms with van der Waals surface area (Å²) in [6.45, 7) is 4.86. The summed E-state index contributed by atoms with van der Waals surface area (Å²) in [5, 5.41) is 4.03. The predicted octanol–water partition coefficient (Wildman–Crippen LogP) is 3.47. The van der Waals surface area contributed by atoms with Crippen molar-refractivity contribution in [1.29, 1.82) is 0 Å². The molecule has 3 nitrogen and oxygen atoms in total.